The molecule has 0 radical (unpaired) electrons. The maximum Gasteiger partial charge on any atom is 0.265 e. The molecule has 0 bridgehead atoms. The summed E-state index contributed by atoms with van der Waals surface area (Å²) in [7, 11) is 0. The van der Waals surface area contributed by atoms with Gasteiger partial charge in [0.15, 0.2) is 0 Å². The summed E-state index contributed by atoms with van der Waals surface area (Å²) >= 11 is 0. The van der Waals surface area contributed by atoms with Crippen molar-refractivity contribution < 1.29 is 13.9 Å². The standard InChI is InChI=1S/C7H11F2NO/c1-2-3-4-10-5-6(11)7(8)9/h6-7,10-11H,4-5H2,1H3. The molecule has 4 heteroatoms. The molecule has 0 aromatic carbocycles. The molecule has 1 unspecified atom stereocenters. The first kappa shape index (κ1) is 10.3. The Hall–Kier alpha value is -0.660. The molecule has 0 aliphatic heterocycles. The number of alkyl halides is 2. The Kier molecular flexibility index (Phi) is 5.71. The lowest BCUT2D eigenvalue weighted by Crippen LogP contribution is -2.32. The van der Waals surface area contributed by atoms with Crippen LogP contribution in [-0.2, 0) is 0 Å². The maximum absolute atomic E-state index is 11.6. The topological polar surface area (TPSA) is 32.3 Å². The van der Waals surface area contributed by atoms with E-state index in [9.17, 15) is 8.78 Å². The molecule has 0 aromatic heterocycles. The molecule has 0 heterocycles. The Labute approximate surface area is 64.6 Å². The summed E-state index contributed by atoms with van der Waals surface area (Å²) in [6, 6.07) is 0. The van der Waals surface area contributed by atoms with E-state index < -0.39 is 12.5 Å². The predicted molar refractivity (Wildman–Crippen MR) is 38.3 cm³/mol. The summed E-state index contributed by atoms with van der Waals surface area (Å²) in [6.07, 6.45) is -4.27. The Bertz CT molecular complexity index is 150. The Balaban J connectivity index is 3.29. The minimum Gasteiger partial charge on any atom is -0.386 e. The maximum atomic E-state index is 11.6. The third kappa shape index (κ3) is 5.77. The molecule has 2 nitrogen and oxygen atoms in total. The number of hydrogen-bond donors (Lipinski definition) is 2. The van der Waals surface area contributed by atoms with Crippen molar-refractivity contribution in [2.75, 3.05) is 13.1 Å². The molecule has 0 saturated carbocycles. The molecule has 2 N–H and O–H groups in total. The van der Waals surface area contributed by atoms with E-state index in [1.165, 1.54) is 0 Å². The summed E-state index contributed by atoms with van der Waals surface area (Å²) in [5.41, 5.74) is 0. The SMILES string of the molecule is CC#CCNCC(O)C(F)F. The summed E-state index contributed by atoms with van der Waals surface area (Å²) in [6.45, 7) is 1.87. The first-order chi connectivity index (χ1) is 5.18. The lowest BCUT2D eigenvalue weighted by atomic mass is 10.4. The average molecular weight is 163 g/mol. The smallest absolute Gasteiger partial charge is 0.265 e. The molecule has 0 spiro atoms. The van der Waals surface area contributed by atoms with Crippen LogP contribution >= 0.6 is 0 Å². The second kappa shape index (κ2) is 6.08. The van der Waals surface area contributed by atoms with E-state index in [0.717, 1.165) is 0 Å². The van der Waals surface area contributed by atoms with Gasteiger partial charge in [-0.05, 0) is 6.92 Å². The first-order valence-electron chi connectivity index (χ1n) is 3.25. The second-order valence-corrected chi connectivity index (χ2v) is 1.96. The largest absolute Gasteiger partial charge is 0.386 e. The normalized spacial score (nSPS) is 12.5. The molecule has 0 aromatic rings. The van der Waals surface area contributed by atoms with Crippen LogP contribution in [0.25, 0.3) is 0 Å². The third-order valence-corrected chi connectivity index (χ3v) is 1.03. The van der Waals surface area contributed by atoms with Gasteiger partial charge in [-0.15, -0.1) is 5.92 Å². The van der Waals surface area contributed by atoms with Gasteiger partial charge < -0.3 is 10.4 Å². The van der Waals surface area contributed by atoms with Crippen molar-refractivity contribution in [3.8, 4) is 11.8 Å². The minimum atomic E-state index is -2.68. The molecule has 0 saturated heterocycles. The highest BCUT2D eigenvalue weighted by atomic mass is 19.3. The highest BCUT2D eigenvalue weighted by Gasteiger charge is 2.14. The average Bonchev–Trinajstić information content (AvgIpc) is 1.97. The van der Waals surface area contributed by atoms with Crippen molar-refractivity contribution in [2.45, 2.75) is 19.5 Å². The summed E-state index contributed by atoms with van der Waals surface area (Å²) < 4.78 is 23.2. The monoisotopic (exact) mass is 163 g/mol. The van der Waals surface area contributed by atoms with Crippen molar-refractivity contribution >= 4 is 0 Å². The van der Waals surface area contributed by atoms with Gasteiger partial charge in [0.25, 0.3) is 6.43 Å². The number of aliphatic hydroxyl groups is 1. The van der Waals surface area contributed by atoms with E-state index in [4.69, 9.17) is 5.11 Å². The van der Waals surface area contributed by atoms with Crippen LogP contribution in [0.1, 0.15) is 6.92 Å². The molecule has 0 amide bonds. The van der Waals surface area contributed by atoms with Crippen LogP contribution in [0.4, 0.5) is 8.78 Å². The van der Waals surface area contributed by atoms with Gasteiger partial charge in [-0.3, -0.25) is 0 Å². The van der Waals surface area contributed by atoms with Crippen molar-refractivity contribution in [3.63, 3.8) is 0 Å². The Morgan fingerprint density at radius 2 is 2.18 bits per heavy atom. The highest BCUT2D eigenvalue weighted by Crippen LogP contribution is 1.97. The van der Waals surface area contributed by atoms with Crippen molar-refractivity contribution in [1.82, 2.24) is 5.32 Å². The molecule has 0 aliphatic rings. The van der Waals surface area contributed by atoms with Gasteiger partial charge >= 0.3 is 0 Å². The number of aliphatic hydroxyl groups excluding tert-OH is 1. The zero-order chi connectivity index (χ0) is 8.69. The fourth-order valence-electron chi connectivity index (χ4n) is 0.460. The molecule has 64 valence electrons. The molecule has 0 aliphatic carbocycles. The quantitative estimate of drug-likeness (QED) is 0.459. The minimum absolute atomic E-state index is 0.119. The zero-order valence-corrected chi connectivity index (χ0v) is 6.27. The van der Waals surface area contributed by atoms with Gasteiger partial charge in [-0.25, -0.2) is 8.78 Å². The zero-order valence-electron chi connectivity index (χ0n) is 6.27. The Morgan fingerprint density at radius 3 is 2.64 bits per heavy atom. The van der Waals surface area contributed by atoms with E-state index in [1.54, 1.807) is 6.92 Å². The number of rotatable bonds is 4. The number of nitrogens with one attached hydrogen (secondary N) is 1. The van der Waals surface area contributed by atoms with E-state index in [0.29, 0.717) is 6.54 Å². The lowest BCUT2D eigenvalue weighted by Gasteiger charge is -2.07. The van der Waals surface area contributed by atoms with Crippen molar-refractivity contribution in [3.05, 3.63) is 0 Å². The van der Waals surface area contributed by atoms with E-state index in [1.807, 2.05) is 0 Å². The van der Waals surface area contributed by atoms with Crippen LogP contribution in [-0.4, -0.2) is 30.7 Å². The van der Waals surface area contributed by atoms with E-state index in [-0.39, 0.29) is 6.54 Å². The van der Waals surface area contributed by atoms with Crippen LogP contribution in [0.3, 0.4) is 0 Å². The van der Waals surface area contributed by atoms with Gasteiger partial charge in [-0.1, -0.05) is 5.92 Å². The van der Waals surface area contributed by atoms with Gasteiger partial charge in [0.2, 0.25) is 0 Å². The van der Waals surface area contributed by atoms with Crippen molar-refractivity contribution in [1.29, 1.82) is 0 Å². The summed E-state index contributed by atoms with van der Waals surface area (Å²) in [5.74, 6) is 5.21. The van der Waals surface area contributed by atoms with E-state index >= 15 is 0 Å². The fraction of sp³-hybridized carbons (Fsp3) is 0.714. The predicted octanol–water partition coefficient (Wildman–Crippen LogP) is 0.225. The van der Waals surface area contributed by atoms with Crippen LogP contribution < -0.4 is 5.32 Å². The molecule has 11 heavy (non-hydrogen) atoms. The molecular weight excluding hydrogens is 152 g/mol. The molecule has 0 fully saturated rings. The molecule has 0 rings (SSSR count). The highest BCUT2D eigenvalue weighted by molar-refractivity contribution is 4.97. The van der Waals surface area contributed by atoms with E-state index in [2.05, 4.69) is 17.2 Å². The number of halogens is 2. The molecular formula is C7H11F2NO. The van der Waals surface area contributed by atoms with Crippen LogP contribution in [0.5, 0.6) is 0 Å². The van der Waals surface area contributed by atoms with Gasteiger partial charge in [0, 0.05) is 6.54 Å². The third-order valence-electron chi connectivity index (χ3n) is 1.03. The van der Waals surface area contributed by atoms with Crippen LogP contribution in [0.15, 0.2) is 0 Å². The van der Waals surface area contributed by atoms with Crippen molar-refractivity contribution in [2.24, 2.45) is 0 Å². The van der Waals surface area contributed by atoms with Gasteiger partial charge in [0.05, 0.1) is 6.54 Å². The summed E-state index contributed by atoms with van der Waals surface area (Å²) in [4.78, 5) is 0. The van der Waals surface area contributed by atoms with Crippen LogP contribution in [0, 0.1) is 11.8 Å². The first-order valence-corrected chi connectivity index (χ1v) is 3.25. The van der Waals surface area contributed by atoms with Crippen LogP contribution in [0.2, 0.25) is 0 Å². The van der Waals surface area contributed by atoms with Gasteiger partial charge in [0.1, 0.15) is 6.10 Å². The second-order valence-electron chi connectivity index (χ2n) is 1.96. The Morgan fingerprint density at radius 1 is 1.55 bits per heavy atom. The van der Waals surface area contributed by atoms with Gasteiger partial charge in [-0.2, -0.15) is 0 Å². The molecule has 1 atom stereocenters. The number of hydrogen-bond acceptors (Lipinski definition) is 2. The lowest BCUT2D eigenvalue weighted by molar-refractivity contribution is -0.00268. The summed E-state index contributed by atoms with van der Waals surface area (Å²) in [5, 5.41) is 11.1. The fourth-order valence-corrected chi connectivity index (χ4v) is 0.460.